The summed E-state index contributed by atoms with van der Waals surface area (Å²) in [6.45, 7) is 4.13. The van der Waals surface area contributed by atoms with Crippen LogP contribution in [0.1, 0.15) is 26.2 Å². The molecule has 0 spiro atoms. The van der Waals surface area contributed by atoms with Crippen LogP contribution in [0.5, 0.6) is 0 Å². The van der Waals surface area contributed by atoms with Crippen LogP contribution in [0.3, 0.4) is 0 Å². The molecule has 0 radical (unpaired) electrons. The minimum atomic E-state index is 0.468. The molecule has 1 saturated heterocycles. The number of nitrogens with one attached hydrogen (secondary N) is 1. The van der Waals surface area contributed by atoms with Crippen LogP contribution in [-0.2, 0) is 4.74 Å². The first-order chi connectivity index (χ1) is 6.33. The fourth-order valence-electron chi connectivity index (χ4n) is 2.47. The summed E-state index contributed by atoms with van der Waals surface area (Å²) < 4.78 is 5.39. The zero-order valence-corrected chi connectivity index (χ0v) is 8.33. The topological polar surface area (TPSA) is 47.3 Å². The second kappa shape index (κ2) is 3.95. The van der Waals surface area contributed by atoms with Crippen molar-refractivity contribution in [3.05, 3.63) is 0 Å². The summed E-state index contributed by atoms with van der Waals surface area (Å²) in [6.07, 6.45) is 3.96. The summed E-state index contributed by atoms with van der Waals surface area (Å²) in [7, 11) is 0. The van der Waals surface area contributed by atoms with Gasteiger partial charge in [0.05, 0.1) is 6.61 Å². The van der Waals surface area contributed by atoms with Gasteiger partial charge < -0.3 is 4.74 Å². The molecular weight excluding hydrogens is 164 g/mol. The normalized spacial score (nSPS) is 33.2. The quantitative estimate of drug-likeness (QED) is 0.504. The van der Waals surface area contributed by atoms with Crippen LogP contribution >= 0.6 is 0 Å². The van der Waals surface area contributed by atoms with E-state index in [0.717, 1.165) is 25.0 Å². The van der Waals surface area contributed by atoms with E-state index >= 15 is 0 Å². The van der Waals surface area contributed by atoms with Crippen LogP contribution in [0, 0.1) is 17.8 Å². The van der Waals surface area contributed by atoms with E-state index in [9.17, 15) is 0 Å². The van der Waals surface area contributed by atoms with E-state index in [4.69, 9.17) is 10.6 Å². The van der Waals surface area contributed by atoms with E-state index in [1.807, 2.05) is 0 Å². The van der Waals surface area contributed by atoms with Crippen LogP contribution in [0.2, 0.25) is 0 Å². The van der Waals surface area contributed by atoms with Gasteiger partial charge in [-0.2, -0.15) is 0 Å². The Kier molecular flexibility index (Phi) is 2.86. The molecule has 3 N–H and O–H groups in total. The van der Waals surface area contributed by atoms with Crippen molar-refractivity contribution >= 4 is 0 Å². The van der Waals surface area contributed by atoms with E-state index in [0.29, 0.717) is 12.0 Å². The zero-order valence-electron chi connectivity index (χ0n) is 8.33. The summed E-state index contributed by atoms with van der Waals surface area (Å²) in [6, 6.07) is 0.468. The summed E-state index contributed by atoms with van der Waals surface area (Å²) in [4.78, 5) is 0. The number of hydrogen-bond acceptors (Lipinski definition) is 3. The molecule has 1 heterocycles. The maximum Gasteiger partial charge on any atom is 0.0510 e. The highest BCUT2D eigenvalue weighted by Gasteiger charge is 2.37. The van der Waals surface area contributed by atoms with Gasteiger partial charge in [-0.05, 0) is 31.1 Å². The Morgan fingerprint density at radius 2 is 2.08 bits per heavy atom. The van der Waals surface area contributed by atoms with E-state index in [2.05, 4.69) is 12.3 Å². The largest absolute Gasteiger partial charge is 0.381 e. The Balaban J connectivity index is 1.90. The predicted octanol–water partition coefficient (Wildman–Crippen LogP) is 0.901. The van der Waals surface area contributed by atoms with Gasteiger partial charge in [0, 0.05) is 18.6 Å². The molecule has 0 aromatic heterocycles. The summed E-state index contributed by atoms with van der Waals surface area (Å²) in [5.74, 6) is 7.89. The standard InChI is InChI=1S/C10H20N2O/c1-7(8-2-3-8)10(12-11)9-4-5-13-6-9/h7-10,12H,2-6,11H2,1H3. The van der Waals surface area contributed by atoms with Gasteiger partial charge in [0.2, 0.25) is 0 Å². The Morgan fingerprint density at radius 1 is 1.31 bits per heavy atom. The first-order valence-electron chi connectivity index (χ1n) is 5.37. The molecule has 2 rings (SSSR count). The Morgan fingerprint density at radius 3 is 2.54 bits per heavy atom. The Hall–Kier alpha value is -0.120. The van der Waals surface area contributed by atoms with Crippen molar-refractivity contribution in [2.45, 2.75) is 32.2 Å². The van der Waals surface area contributed by atoms with Crippen molar-refractivity contribution in [3.8, 4) is 0 Å². The summed E-state index contributed by atoms with van der Waals surface area (Å²) in [5.41, 5.74) is 2.99. The fraction of sp³-hybridized carbons (Fsp3) is 1.00. The molecule has 2 aliphatic rings. The smallest absolute Gasteiger partial charge is 0.0510 e. The van der Waals surface area contributed by atoms with Crippen molar-refractivity contribution in [2.75, 3.05) is 13.2 Å². The maximum absolute atomic E-state index is 5.61. The van der Waals surface area contributed by atoms with Gasteiger partial charge in [0.15, 0.2) is 0 Å². The molecular formula is C10H20N2O. The van der Waals surface area contributed by atoms with E-state index in [1.165, 1.54) is 19.3 Å². The highest BCUT2D eigenvalue weighted by Crippen LogP contribution is 2.40. The van der Waals surface area contributed by atoms with Crippen LogP contribution in [0.15, 0.2) is 0 Å². The van der Waals surface area contributed by atoms with Crippen molar-refractivity contribution in [1.29, 1.82) is 0 Å². The lowest BCUT2D eigenvalue weighted by molar-refractivity contribution is 0.163. The van der Waals surface area contributed by atoms with Crippen LogP contribution in [0.4, 0.5) is 0 Å². The van der Waals surface area contributed by atoms with E-state index in [1.54, 1.807) is 0 Å². The van der Waals surface area contributed by atoms with Crippen LogP contribution in [-0.4, -0.2) is 19.3 Å². The third-order valence-electron chi connectivity index (χ3n) is 3.60. The lowest BCUT2D eigenvalue weighted by atomic mass is 9.86. The summed E-state index contributed by atoms with van der Waals surface area (Å²) >= 11 is 0. The van der Waals surface area contributed by atoms with Crippen molar-refractivity contribution in [2.24, 2.45) is 23.6 Å². The van der Waals surface area contributed by atoms with Crippen LogP contribution < -0.4 is 11.3 Å². The highest BCUT2D eigenvalue weighted by atomic mass is 16.5. The average Bonchev–Trinajstić information content (AvgIpc) is 2.86. The molecule has 2 fully saturated rings. The minimum Gasteiger partial charge on any atom is -0.381 e. The third-order valence-corrected chi connectivity index (χ3v) is 3.60. The van der Waals surface area contributed by atoms with Crippen molar-refractivity contribution in [3.63, 3.8) is 0 Å². The molecule has 76 valence electrons. The molecule has 1 saturated carbocycles. The second-order valence-corrected chi connectivity index (χ2v) is 4.51. The fourth-order valence-corrected chi connectivity index (χ4v) is 2.47. The first kappa shape index (κ1) is 9.44. The molecule has 3 unspecified atom stereocenters. The number of hydrogen-bond donors (Lipinski definition) is 2. The number of ether oxygens (including phenoxy) is 1. The average molecular weight is 184 g/mol. The molecule has 3 heteroatoms. The first-order valence-corrected chi connectivity index (χ1v) is 5.37. The number of rotatable bonds is 4. The lowest BCUT2D eigenvalue weighted by Crippen LogP contribution is -2.46. The predicted molar refractivity (Wildman–Crippen MR) is 51.9 cm³/mol. The number of nitrogens with two attached hydrogens (primary N) is 1. The van der Waals surface area contributed by atoms with Crippen molar-refractivity contribution in [1.82, 2.24) is 5.43 Å². The van der Waals surface area contributed by atoms with Gasteiger partial charge >= 0.3 is 0 Å². The Labute approximate surface area is 80.0 Å². The van der Waals surface area contributed by atoms with Crippen molar-refractivity contribution < 1.29 is 4.74 Å². The van der Waals surface area contributed by atoms with Gasteiger partial charge in [0.25, 0.3) is 0 Å². The molecule has 0 bridgehead atoms. The third kappa shape index (κ3) is 2.03. The van der Waals surface area contributed by atoms with E-state index in [-0.39, 0.29) is 0 Å². The maximum atomic E-state index is 5.61. The molecule has 0 aromatic rings. The molecule has 1 aliphatic heterocycles. The van der Waals surface area contributed by atoms with Gasteiger partial charge in [-0.3, -0.25) is 11.3 Å². The van der Waals surface area contributed by atoms with E-state index < -0.39 is 0 Å². The number of hydrazine groups is 1. The van der Waals surface area contributed by atoms with Crippen LogP contribution in [0.25, 0.3) is 0 Å². The summed E-state index contributed by atoms with van der Waals surface area (Å²) in [5, 5.41) is 0. The molecule has 13 heavy (non-hydrogen) atoms. The minimum absolute atomic E-state index is 0.468. The van der Waals surface area contributed by atoms with Gasteiger partial charge in [-0.1, -0.05) is 6.92 Å². The molecule has 0 aromatic carbocycles. The SMILES string of the molecule is CC(C1CC1)C(NN)C1CCOC1. The molecule has 3 nitrogen and oxygen atoms in total. The lowest BCUT2D eigenvalue weighted by Gasteiger charge is -2.27. The molecule has 3 atom stereocenters. The second-order valence-electron chi connectivity index (χ2n) is 4.51. The van der Waals surface area contributed by atoms with Gasteiger partial charge in [-0.25, -0.2) is 0 Å². The molecule has 1 aliphatic carbocycles. The molecule has 0 amide bonds. The zero-order chi connectivity index (χ0) is 9.26. The highest BCUT2D eigenvalue weighted by molar-refractivity contribution is 4.90. The van der Waals surface area contributed by atoms with Gasteiger partial charge in [-0.15, -0.1) is 0 Å². The van der Waals surface area contributed by atoms with Gasteiger partial charge in [0.1, 0.15) is 0 Å². The monoisotopic (exact) mass is 184 g/mol. The Bertz CT molecular complexity index is 162.